The van der Waals surface area contributed by atoms with Crippen LogP contribution in [-0.2, 0) is 4.79 Å². The van der Waals surface area contributed by atoms with Gasteiger partial charge in [-0.05, 0) is 65.7 Å². The molecular weight excluding hydrogens is 342 g/mol. The first-order chi connectivity index (χ1) is 10.5. The highest BCUT2D eigenvalue weighted by Crippen LogP contribution is 2.21. The molecule has 0 saturated heterocycles. The predicted octanol–water partition coefficient (Wildman–Crippen LogP) is 4.89. The smallest absolute Gasteiger partial charge is 0.248 e. The normalized spacial score (nSPS) is 10.9. The number of anilines is 1. The van der Waals surface area contributed by atoms with Crippen molar-refractivity contribution in [1.82, 2.24) is 0 Å². The van der Waals surface area contributed by atoms with Gasteiger partial charge in [0, 0.05) is 10.5 Å². The summed E-state index contributed by atoms with van der Waals surface area (Å²) in [4.78, 5) is 12.0. The molecule has 0 aliphatic rings. The van der Waals surface area contributed by atoms with Crippen LogP contribution in [0.3, 0.4) is 0 Å². The fourth-order valence-electron chi connectivity index (χ4n) is 1.87. The van der Waals surface area contributed by atoms with E-state index in [1.54, 1.807) is 6.08 Å². The Hall–Kier alpha value is -2.07. The Labute approximate surface area is 139 Å². The molecule has 2 aromatic rings. The lowest BCUT2D eigenvalue weighted by Crippen LogP contribution is -2.08. The monoisotopic (exact) mass is 359 g/mol. The number of rotatable bonds is 5. The van der Waals surface area contributed by atoms with E-state index in [0.29, 0.717) is 0 Å². The summed E-state index contributed by atoms with van der Waals surface area (Å²) in [6, 6.07) is 15.1. The SMILES string of the molecule is CC(C)Oc1cccc(/C=C/C(=O)Nc2ccccc2Br)c1. The van der Waals surface area contributed by atoms with Crippen molar-refractivity contribution in [1.29, 1.82) is 0 Å². The molecule has 0 atom stereocenters. The number of hydrogen-bond acceptors (Lipinski definition) is 2. The van der Waals surface area contributed by atoms with Crippen LogP contribution in [-0.4, -0.2) is 12.0 Å². The molecule has 0 aliphatic heterocycles. The maximum absolute atomic E-state index is 12.0. The Kier molecular flexibility index (Phi) is 5.78. The Bertz CT molecular complexity index is 680. The molecule has 0 aromatic heterocycles. The molecule has 3 nitrogen and oxygen atoms in total. The van der Waals surface area contributed by atoms with Crippen LogP contribution >= 0.6 is 15.9 Å². The molecular formula is C18H18BrNO2. The molecule has 4 heteroatoms. The van der Waals surface area contributed by atoms with E-state index < -0.39 is 0 Å². The average Bonchev–Trinajstić information content (AvgIpc) is 2.47. The van der Waals surface area contributed by atoms with Crippen molar-refractivity contribution < 1.29 is 9.53 Å². The Morgan fingerprint density at radius 1 is 1.18 bits per heavy atom. The van der Waals surface area contributed by atoms with E-state index in [1.165, 1.54) is 6.08 Å². The Balaban J connectivity index is 2.02. The van der Waals surface area contributed by atoms with Gasteiger partial charge in [0.2, 0.25) is 5.91 Å². The predicted molar refractivity (Wildman–Crippen MR) is 94.0 cm³/mol. The molecule has 0 spiro atoms. The second-order valence-electron chi connectivity index (χ2n) is 5.04. The first-order valence-corrected chi connectivity index (χ1v) is 7.84. The highest BCUT2D eigenvalue weighted by atomic mass is 79.9. The van der Waals surface area contributed by atoms with Crippen molar-refractivity contribution in [3.8, 4) is 5.75 Å². The van der Waals surface area contributed by atoms with Crippen LogP contribution < -0.4 is 10.1 Å². The van der Waals surface area contributed by atoms with Gasteiger partial charge in [0.25, 0.3) is 0 Å². The van der Waals surface area contributed by atoms with Crippen LogP contribution in [0.5, 0.6) is 5.75 Å². The first kappa shape index (κ1) is 16.3. The molecule has 0 radical (unpaired) electrons. The number of nitrogens with one attached hydrogen (secondary N) is 1. The molecule has 1 amide bonds. The van der Waals surface area contributed by atoms with Crippen LogP contribution in [0.15, 0.2) is 59.1 Å². The minimum Gasteiger partial charge on any atom is -0.491 e. The summed E-state index contributed by atoms with van der Waals surface area (Å²) < 4.78 is 6.48. The number of carbonyl (C=O) groups is 1. The number of carbonyl (C=O) groups excluding carboxylic acids is 1. The summed E-state index contributed by atoms with van der Waals surface area (Å²) in [5.41, 5.74) is 1.66. The lowest BCUT2D eigenvalue weighted by Gasteiger charge is -2.09. The van der Waals surface area contributed by atoms with E-state index in [2.05, 4.69) is 21.2 Å². The van der Waals surface area contributed by atoms with E-state index in [4.69, 9.17) is 4.74 Å². The number of amides is 1. The van der Waals surface area contributed by atoms with Gasteiger partial charge in [-0.1, -0.05) is 24.3 Å². The van der Waals surface area contributed by atoms with Crippen molar-refractivity contribution in [2.45, 2.75) is 20.0 Å². The van der Waals surface area contributed by atoms with Crippen LogP contribution in [0.2, 0.25) is 0 Å². The van der Waals surface area contributed by atoms with Crippen LogP contribution in [0.4, 0.5) is 5.69 Å². The summed E-state index contributed by atoms with van der Waals surface area (Å²) in [5, 5.41) is 2.82. The molecule has 0 saturated carbocycles. The van der Waals surface area contributed by atoms with E-state index in [-0.39, 0.29) is 12.0 Å². The average molecular weight is 360 g/mol. The largest absolute Gasteiger partial charge is 0.491 e. The molecule has 0 heterocycles. The molecule has 0 aliphatic carbocycles. The second kappa shape index (κ2) is 7.80. The quantitative estimate of drug-likeness (QED) is 0.771. The summed E-state index contributed by atoms with van der Waals surface area (Å²) >= 11 is 3.40. The summed E-state index contributed by atoms with van der Waals surface area (Å²) in [7, 11) is 0. The van der Waals surface area contributed by atoms with E-state index >= 15 is 0 Å². The minimum atomic E-state index is -0.179. The highest BCUT2D eigenvalue weighted by molar-refractivity contribution is 9.10. The van der Waals surface area contributed by atoms with Gasteiger partial charge in [-0.15, -0.1) is 0 Å². The zero-order chi connectivity index (χ0) is 15.9. The van der Waals surface area contributed by atoms with Gasteiger partial charge in [-0.2, -0.15) is 0 Å². The maximum atomic E-state index is 12.0. The second-order valence-corrected chi connectivity index (χ2v) is 5.90. The van der Waals surface area contributed by atoms with Gasteiger partial charge >= 0.3 is 0 Å². The summed E-state index contributed by atoms with van der Waals surface area (Å²) in [6.45, 7) is 3.96. The maximum Gasteiger partial charge on any atom is 0.248 e. The Morgan fingerprint density at radius 3 is 2.68 bits per heavy atom. The lowest BCUT2D eigenvalue weighted by atomic mass is 10.2. The number of benzene rings is 2. The third kappa shape index (κ3) is 5.04. The van der Waals surface area contributed by atoms with E-state index in [9.17, 15) is 4.79 Å². The van der Waals surface area contributed by atoms with Gasteiger partial charge in [-0.25, -0.2) is 0 Å². The van der Waals surface area contributed by atoms with E-state index in [0.717, 1.165) is 21.5 Å². The van der Waals surface area contributed by atoms with Gasteiger partial charge < -0.3 is 10.1 Å². The summed E-state index contributed by atoms with van der Waals surface area (Å²) in [5.74, 6) is 0.616. The molecule has 0 unspecified atom stereocenters. The van der Waals surface area contributed by atoms with Crippen molar-refractivity contribution in [2.75, 3.05) is 5.32 Å². The van der Waals surface area contributed by atoms with Crippen LogP contribution in [0.25, 0.3) is 6.08 Å². The van der Waals surface area contributed by atoms with Crippen molar-refractivity contribution >= 4 is 33.6 Å². The number of para-hydroxylation sites is 1. The molecule has 0 bridgehead atoms. The fourth-order valence-corrected chi connectivity index (χ4v) is 2.26. The van der Waals surface area contributed by atoms with Gasteiger partial charge in [0.1, 0.15) is 5.75 Å². The van der Waals surface area contributed by atoms with Crippen LogP contribution in [0.1, 0.15) is 19.4 Å². The Morgan fingerprint density at radius 2 is 1.95 bits per heavy atom. The fraction of sp³-hybridized carbons (Fsp3) is 0.167. The number of hydrogen-bond donors (Lipinski definition) is 1. The number of halogens is 1. The third-order valence-electron chi connectivity index (χ3n) is 2.79. The number of ether oxygens (including phenoxy) is 1. The molecule has 114 valence electrons. The van der Waals surface area contributed by atoms with E-state index in [1.807, 2.05) is 62.4 Å². The summed E-state index contributed by atoms with van der Waals surface area (Å²) in [6.07, 6.45) is 3.39. The topological polar surface area (TPSA) is 38.3 Å². The molecule has 0 fully saturated rings. The van der Waals surface area contributed by atoms with Gasteiger partial charge in [0.15, 0.2) is 0 Å². The zero-order valence-electron chi connectivity index (χ0n) is 12.5. The molecule has 22 heavy (non-hydrogen) atoms. The first-order valence-electron chi connectivity index (χ1n) is 7.05. The van der Waals surface area contributed by atoms with Gasteiger partial charge in [0.05, 0.1) is 11.8 Å². The highest BCUT2D eigenvalue weighted by Gasteiger charge is 2.02. The minimum absolute atomic E-state index is 0.123. The van der Waals surface area contributed by atoms with Gasteiger partial charge in [-0.3, -0.25) is 4.79 Å². The van der Waals surface area contributed by atoms with Crippen LogP contribution in [0, 0.1) is 0 Å². The van der Waals surface area contributed by atoms with Crippen molar-refractivity contribution in [3.63, 3.8) is 0 Å². The lowest BCUT2D eigenvalue weighted by molar-refractivity contribution is -0.111. The zero-order valence-corrected chi connectivity index (χ0v) is 14.1. The van der Waals surface area contributed by atoms with Crippen molar-refractivity contribution in [2.24, 2.45) is 0 Å². The third-order valence-corrected chi connectivity index (χ3v) is 3.48. The standard InChI is InChI=1S/C18H18BrNO2/c1-13(2)22-15-7-5-6-14(12-15)10-11-18(21)20-17-9-4-3-8-16(17)19/h3-13H,1-2H3,(H,20,21)/b11-10+. The van der Waals surface area contributed by atoms with Crippen molar-refractivity contribution in [3.05, 3.63) is 64.6 Å². The molecule has 1 N–H and O–H groups in total. The molecule has 2 rings (SSSR count). The molecule has 2 aromatic carbocycles.